The van der Waals surface area contributed by atoms with E-state index in [2.05, 4.69) is 13.8 Å². The van der Waals surface area contributed by atoms with E-state index in [-0.39, 0.29) is 10.8 Å². The molecule has 0 heterocycles. The second kappa shape index (κ2) is 17.0. The Kier molecular flexibility index (Phi) is 13.5. The van der Waals surface area contributed by atoms with Gasteiger partial charge in [-0.2, -0.15) is 0 Å². The van der Waals surface area contributed by atoms with Crippen molar-refractivity contribution in [1.82, 2.24) is 0 Å². The topological polar surface area (TPSA) is 17.1 Å². The van der Waals surface area contributed by atoms with Gasteiger partial charge < -0.3 is 0 Å². The lowest BCUT2D eigenvalue weighted by atomic mass is 9.42. The van der Waals surface area contributed by atoms with Crippen LogP contribution >= 0.6 is 0 Å². The number of rotatable bonds is 16. The van der Waals surface area contributed by atoms with Gasteiger partial charge in [0.25, 0.3) is 0 Å². The summed E-state index contributed by atoms with van der Waals surface area (Å²) in [5.41, 5.74) is 0.264. The third-order valence-corrected chi connectivity index (χ3v) is 14.7. The molecule has 0 unspecified atom stereocenters. The monoisotopic (exact) mass is 595 g/mol. The van der Waals surface area contributed by atoms with Gasteiger partial charge in [-0.3, -0.25) is 4.79 Å². The minimum atomic E-state index is 0.132. The zero-order chi connectivity index (χ0) is 30.0. The van der Waals surface area contributed by atoms with Crippen molar-refractivity contribution in [3.63, 3.8) is 0 Å². The van der Waals surface area contributed by atoms with Gasteiger partial charge in [-0.05, 0) is 119 Å². The molecule has 1 heteroatoms. The normalized spacial score (nSPS) is 38.4. The Morgan fingerprint density at radius 1 is 0.442 bits per heavy atom. The summed E-state index contributed by atoms with van der Waals surface area (Å²) >= 11 is 0. The van der Waals surface area contributed by atoms with Crippen molar-refractivity contribution < 1.29 is 4.79 Å². The standard InChI is InChI=1S/C42H74O/c1-3-5-7-9-11-13-15-34-17-21-36(22-18-34)38-25-29-41(30-26-38)33-42(40(41)43)31-27-39(28-32-42)37-23-19-35(20-24-37)16-14-12-10-8-6-4-2/h34-39H,3-33H2,1-2H3. The Labute approximate surface area is 269 Å². The first kappa shape index (κ1) is 34.0. The maximum absolute atomic E-state index is 13.9. The molecule has 0 aliphatic heterocycles. The smallest absolute Gasteiger partial charge is 0.145 e. The number of Topliss-reactive ketones (excluding diaryl/α,β-unsaturated/α-hetero) is 1. The van der Waals surface area contributed by atoms with Crippen molar-refractivity contribution in [2.75, 3.05) is 0 Å². The molecule has 43 heavy (non-hydrogen) atoms. The van der Waals surface area contributed by atoms with E-state index in [9.17, 15) is 4.79 Å². The maximum Gasteiger partial charge on any atom is 0.145 e. The van der Waals surface area contributed by atoms with Crippen LogP contribution in [0.5, 0.6) is 0 Å². The zero-order valence-corrected chi connectivity index (χ0v) is 29.3. The van der Waals surface area contributed by atoms with Gasteiger partial charge in [0.15, 0.2) is 0 Å². The number of carbonyl (C=O) groups is 1. The van der Waals surface area contributed by atoms with Crippen LogP contribution in [0.1, 0.15) is 213 Å². The number of unbranched alkanes of at least 4 members (excludes halogenated alkanes) is 10. The first-order valence-corrected chi connectivity index (χ1v) is 20.6. The minimum absolute atomic E-state index is 0.132. The fourth-order valence-electron chi connectivity index (χ4n) is 11.7. The lowest BCUT2D eigenvalue weighted by molar-refractivity contribution is -0.170. The van der Waals surface area contributed by atoms with Crippen LogP contribution in [0.2, 0.25) is 0 Å². The molecule has 0 aromatic heterocycles. The van der Waals surface area contributed by atoms with E-state index in [1.54, 1.807) is 0 Å². The first-order valence-electron chi connectivity index (χ1n) is 20.6. The summed E-state index contributed by atoms with van der Waals surface area (Å²) in [6.07, 6.45) is 44.2. The Bertz CT molecular complexity index is 716. The van der Waals surface area contributed by atoms with Crippen LogP contribution < -0.4 is 0 Å². The average Bonchev–Trinajstić information content (AvgIpc) is 3.05. The van der Waals surface area contributed by atoms with Crippen molar-refractivity contribution >= 4 is 5.78 Å². The van der Waals surface area contributed by atoms with Gasteiger partial charge in [-0.25, -0.2) is 0 Å². The van der Waals surface area contributed by atoms with Crippen LogP contribution in [0.4, 0.5) is 0 Å². The molecular weight excluding hydrogens is 520 g/mol. The van der Waals surface area contributed by atoms with Crippen molar-refractivity contribution in [3.8, 4) is 0 Å². The molecule has 0 radical (unpaired) electrons. The highest BCUT2D eigenvalue weighted by Crippen LogP contribution is 2.65. The molecule has 0 amide bonds. The lowest BCUT2D eigenvalue weighted by Crippen LogP contribution is -2.60. The van der Waals surface area contributed by atoms with Crippen molar-refractivity contribution in [2.45, 2.75) is 213 Å². The number of hydrogen-bond acceptors (Lipinski definition) is 1. The van der Waals surface area contributed by atoms with E-state index in [0.717, 1.165) is 41.3 Å². The zero-order valence-electron chi connectivity index (χ0n) is 29.3. The second-order valence-electron chi connectivity index (χ2n) is 17.4. The van der Waals surface area contributed by atoms with Gasteiger partial charge in [0.2, 0.25) is 0 Å². The maximum atomic E-state index is 13.9. The molecule has 5 rings (SSSR count). The first-order chi connectivity index (χ1) is 21.1. The molecule has 0 saturated heterocycles. The highest BCUT2D eigenvalue weighted by atomic mass is 16.1. The van der Waals surface area contributed by atoms with Crippen LogP contribution in [-0.4, -0.2) is 5.78 Å². The Balaban J connectivity index is 0.941. The van der Waals surface area contributed by atoms with Crippen molar-refractivity contribution in [3.05, 3.63) is 0 Å². The summed E-state index contributed by atoms with van der Waals surface area (Å²) in [5.74, 6) is 6.68. The summed E-state index contributed by atoms with van der Waals surface area (Å²) in [6, 6.07) is 0. The number of hydrogen-bond donors (Lipinski definition) is 0. The van der Waals surface area contributed by atoms with Gasteiger partial charge in [0.05, 0.1) is 0 Å². The molecule has 0 aromatic rings. The van der Waals surface area contributed by atoms with Crippen LogP contribution in [-0.2, 0) is 4.79 Å². The SMILES string of the molecule is CCCCCCCCC1CCC(C2CCC3(CC2)CC2(CCC(C4CCC(CCCCCCCC)CC4)CC2)C3=O)CC1. The lowest BCUT2D eigenvalue weighted by Gasteiger charge is -2.60. The van der Waals surface area contributed by atoms with Crippen LogP contribution in [0.3, 0.4) is 0 Å². The largest absolute Gasteiger partial charge is 0.298 e. The van der Waals surface area contributed by atoms with Crippen LogP contribution in [0.15, 0.2) is 0 Å². The van der Waals surface area contributed by atoms with Gasteiger partial charge in [-0.1, -0.05) is 129 Å². The minimum Gasteiger partial charge on any atom is -0.298 e. The summed E-state index contributed by atoms with van der Waals surface area (Å²) < 4.78 is 0. The summed E-state index contributed by atoms with van der Waals surface area (Å²) in [5, 5.41) is 0. The third-order valence-electron chi connectivity index (χ3n) is 14.7. The van der Waals surface area contributed by atoms with Crippen molar-refractivity contribution in [1.29, 1.82) is 0 Å². The molecule has 0 bridgehead atoms. The quantitative estimate of drug-likeness (QED) is 0.162. The molecule has 0 atom stereocenters. The number of carbonyl (C=O) groups excluding carboxylic acids is 1. The highest BCUT2D eigenvalue weighted by molar-refractivity contribution is 5.96. The van der Waals surface area contributed by atoms with E-state index in [0.29, 0.717) is 0 Å². The van der Waals surface area contributed by atoms with Crippen LogP contribution in [0, 0.1) is 46.3 Å². The molecular formula is C42H74O. The van der Waals surface area contributed by atoms with Gasteiger partial charge in [0.1, 0.15) is 5.78 Å². The third kappa shape index (κ3) is 8.93. The predicted molar refractivity (Wildman–Crippen MR) is 185 cm³/mol. The fourth-order valence-corrected chi connectivity index (χ4v) is 11.7. The molecule has 2 spiro atoms. The van der Waals surface area contributed by atoms with Crippen molar-refractivity contribution in [2.24, 2.45) is 46.3 Å². The number of ketones is 1. The molecule has 248 valence electrons. The summed E-state index contributed by atoms with van der Waals surface area (Å²) in [4.78, 5) is 13.9. The van der Waals surface area contributed by atoms with Gasteiger partial charge in [-0.15, -0.1) is 0 Å². The highest BCUT2D eigenvalue weighted by Gasteiger charge is 2.63. The van der Waals surface area contributed by atoms with Gasteiger partial charge in [0, 0.05) is 10.8 Å². The van der Waals surface area contributed by atoms with E-state index < -0.39 is 0 Å². The molecule has 5 fully saturated rings. The predicted octanol–water partition coefficient (Wildman–Crippen LogP) is 13.4. The molecule has 0 aromatic carbocycles. The molecule has 5 aliphatic rings. The van der Waals surface area contributed by atoms with Crippen LogP contribution in [0.25, 0.3) is 0 Å². The molecule has 0 N–H and O–H groups in total. The Hall–Kier alpha value is -0.330. The van der Waals surface area contributed by atoms with E-state index in [4.69, 9.17) is 0 Å². The van der Waals surface area contributed by atoms with E-state index >= 15 is 0 Å². The van der Waals surface area contributed by atoms with E-state index in [1.165, 1.54) is 199 Å². The Morgan fingerprint density at radius 3 is 1.12 bits per heavy atom. The Morgan fingerprint density at radius 2 is 0.767 bits per heavy atom. The molecule has 1 nitrogen and oxygen atoms in total. The average molecular weight is 595 g/mol. The second-order valence-corrected chi connectivity index (χ2v) is 17.4. The van der Waals surface area contributed by atoms with Gasteiger partial charge >= 0.3 is 0 Å². The fraction of sp³-hybridized carbons (Fsp3) is 0.976. The summed E-state index contributed by atoms with van der Waals surface area (Å²) in [7, 11) is 0. The summed E-state index contributed by atoms with van der Waals surface area (Å²) in [6.45, 7) is 4.64. The van der Waals surface area contributed by atoms with E-state index in [1.807, 2.05) is 0 Å². The molecule has 5 saturated carbocycles. The molecule has 5 aliphatic carbocycles.